The van der Waals surface area contributed by atoms with Crippen molar-refractivity contribution in [3.05, 3.63) is 21.7 Å². The molecule has 128 valence electrons. The third-order valence-corrected chi connectivity index (χ3v) is 6.47. The van der Waals surface area contributed by atoms with Crippen LogP contribution in [-0.2, 0) is 26.0 Å². The molecule has 0 fully saturated rings. The molecule has 0 radical (unpaired) electrons. The molecule has 0 bridgehead atoms. The quantitative estimate of drug-likeness (QED) is 0.732. The van der Waals surface area contributed by atoms with Gasteiger partial charge in [-0.1, -0.05) is 30.1 Å². The van der Waals surface area contributed by atoms with E-state index in [9.17, 15) is 13.2 Å². The highest BCUT2D eigenvalue weighted by Crippen LogP contribution is 2.44. The van der Waals surface area contributed by atoms with Crippen LogP contribution in [0.3, 0.4) is 0 Å². The van der Waals surface area contributed by atoms with Crippen LogP contribution in [0.15, 0.2) is 11.0 Å². The largest absolute Gasteiger partial charge is 0.476 e. The Kier molecular flexibility index (Phi) is 5.45. The topological polar surface area (TPSA) is 72.9 Å². The number of rotatable bonds is 5. The number of nitrogens with zero attached hydrogens (tertiary/aromatic N) is 1. The second kappa shape index (κ2) is 6.84. The Morgan fingerprint density at radius 1 is 1.39 bits per heavy atom. The van der Waals surface area contributed by atoms with Gasteiger partial charge in [0.15, 0.2) is 6.10 Å². The third kappa shape index (κ3) is 3.28. The highest BCUT2D eigenvalue weighted by atomic mass is 35.5. The average Bonchev–Trinajstić information content (AvgIpc) is 2.94. The summed E-state index contributed by atoms with van der Waals surface area (Å²) >= 11 is 12.3. The zero-order valence-corrected chi connectivity index (χ0v) is 15.3. The monoisotopic (exact) mass is 381 g/mol. The standard InChI is InChI=1S/C14H17Cl2NO5S/c1-4-17(3)23(19,20)10-7-8-6-9(14(18)21-5-2)22-13(8)12(16)11(10)15/h7,9H,4-6H2,1-3H3. The van der Waals surface area contributed by atoms with Crippen molar-refractivity contribution in [1.82, 2.24) is 4.31 Å². The van der Waals surface area contributed by atoms with Crippen molar-refractivity contribution >= 4 is 39.2 Å². The highest BCUT2D eigenvalue weighted by molar-refractivity contribution is 7.89. The van der Waals surface area contributed by atoms with Gasteiger partial charge in [0.05, 0.1) is 11.6 Å². The van der Waals surface area contributed by atoms with Gasteiger partial charge in [-0.25, -0.2) is 17.5 Å². The number of benzene rings is 1. The van der Waals surface area contributed by atoms with Crippen molar-refractivity contribution in [2.45, 2.75) is 31.3 Å². The van der Waals surface area contributed by atoms with Gasteiger partial charge in [0.1, 0.15) is 15.7 Å². The summed E-state index contributed by atoms with van der Waals surface area (Å²) in [5.74, 6) is -0.293. The molecule has 1 heterocycles. The molecule has 0 amide bonds. The molecule has 1 atom stereocenters. The maximum atomic E-state index is 12.5. The molecule has 1 aromatic carbocycles. The number of ether oxygens (including phenoxy) is 2. The lowest BCUT2D eigenvalue weighted by atomic mass is 10.1. The van der Waals surface area contributed by atoms with Crippen LogP contribution < -0.4 is 4.74 Å². The van der Waals surface area contributed by atoms with Gasteiger partial charge in [-0.3, -0.25) is 0 Å². The van der Waals surface area contributed by atoms with Gasteiger partial charge in [0.2, 0.25) is 10.0 Å². The van der Waals surface area contributed by atoms with E-state index < -0.39 is 22.1 Å². The molecule has 9 heteroatoms. The normalized spacial score (nSPS) is 17.0. The molecule has 0 aliphatic carbocycles. The Balaban J connectivity index is 2.46. The fourth-order valence-corrected chi connectivity index (χ4v) is 4.24. The summed E-state index contributed by atoms with van der Waals surface area (Å²) < 4.78 is 36.6. The molecule has 0 spiro atoms. The molecule has 1 aliphatic rings. The first-order chi connectivity index (χ1) is 10.7. The number of carbonyl (C=O) groups is 1. The van der Waals surface area contributed by atoms with Gasteiger partial charge >= 0.3 is 5.97 Å². The number of fused-ring (bicyclic) bond motifs is 1. The van der Waals surface area contributed by atoms with E-state index in [4.69, 9.17) is 32.7 Å². The summed E-state index contributed by atoms with van der Waals surface area (Å²) in [6, 6.07) is 1.41. The number of carbonyl (C=O) groups excluding carboxylic acids is 1. The average molecular weight is 382 g/mol. The van der Waals surface area contributed by atoms with E-state index in [0.29, 0.717) is 5.56 Å². The molecule has 1 unspecified atom stereocenters. The number of esters is 1. The van der Waals surface area contributed by atoms with Gasteiger partial charge in [0.25, 0.3) is 0 Å². The second-order valence-electron chi connectivity index (χ2n) is 4.97. The predicted octanol–water partition coefficient (Wildman–Crippen LogP) is 2.50. The zero-order valence-electron chi connectivity index (χ0n) is 12.9. The number of sulfonamides is 1. The summed E-state index contributed by atoms with van der Waals surface area (Å²) in [7, 11) is -2.32. The Labute approximate surface area is 145 Å². The molecule has 0 saturated heterocycles. The summed E-state index contributed by atoms with van der Waals surface area (Å²) in [6.07, 6.45) is -0.663. The number of hydrogen-bond donors (Lipinski definition) is 0. The van der Waals surface area contributed by atoms with Crippen molar-refractivity contribution < 1.29 is 22.7 Å². The van der Waals surface area contributed by atoms with Gasteiger partial charge in [-0.05, 0) is 13.0 Å². The van der Waals surface area contributed by atoms with Crippen LogP contribution in [0.1, 0.15) is 19.4 Å². The lowest BCUT2D eigenvalue weighted by Gasteiger charge is -2.17. The van der Waals surface area contributed by atoms with E-state index >= 15 is 0 Å². The summed E-state index contributed by atoms with van der Waals surface area (Å²) in [6.45, 7) is 3.91. The van der Waals surface area contributed by atoms with E-state index in [1.807, 2.05) is 0 Å². The Morgan fingerprint density at radius 3 is 2.61 bits per heavy atom. The maximum absolute atomic E-state index is 12.5. The van der Waals surface area contributed by atoms with Crippen LogP contribution in [0.2, 0.25) is 10.0 Å². The minimum atomic E-state index is -3.77. The van der Waals surface area contributed by atoms with Crippen molar-refractivity contribution in [3.8, 4) is 5.75 Å². The lowest BCUT2D eigenvalue weighted by Crippen LogP contribution is -2.27. The van der Waals surface area contributed by atoms with Gasteiger partial charge in [-0.15, -0.1) is 0 Å². The molecular formula is C14H17Cl2NO5S. The minimum Gasteiger partial charge on any atom is -0.476 e. The second-order valence-corrected chi connectivity index (χ2v) is 7.74. The van der Waals surface area contributed by atoms with Crippen molar-refractivity contribution in [2.24, 2.45) is 0 Å². The summed E-state index contributed by atoms with van der Waals surface area (Å²) in [5, 5.41) is -0.130. The molecule has 23 heavy (non-hydrogen) atoms. The maximum Gasteiger partial charge on any atom is 0.347 e. The SMILES string of the molecule is CCOC(=O)C1Cc2cc(S(=O)(=O)N(C)CC)c(Cl)c(Cl)c2O1. The van der Waals surface area contributed by atoms with Crippen LogP contribution in [-0.4, -0.2) is 45.0 Å². The van der Waals surface area contributed by atoms with Crippen molar-refractivity contribution in [1.29, 1.82) is 0 Å². The van der Waals surface area contributed by atoms with E-state index in [1.165, 1.54) is 13.1 Å². The molecule has 1 aromatic rings. The first-order valence-electron chi connectivity index (χ1n) is 7.04. The molecule has 0 saturated carbocycles. The highest BCUT2D eigenvalue weighted by Gasteiger charge is 2.36. The fraction of sp³-hybridized carbons (Fsp3) is 0.500. The minimum absolute atomic E-state index is 0.0148. The Hall–Kier alpha value is -1.02. The van der Waals surface area contributed by atoms with Crippen LogP contribution >= 0.6 is 23.2 Å². The van der Waals surface area contributed by atoms with E-state index in [1.54, 1.807) is 13.8 Å². The summed E-state index contributed by atoms with van der Waals surface area (Å²) in [5.41, 5.74) is 0.514. The molecule has 1 aliphatic heterocycles. The zero-order chi connectivity index (χ0) is 17.4. The van der Waals surface area contributed by atoms with E-state index in [-0.39, 0.29) is 40.3 Å². The van der Waals surface area contributed by atoms with Crippen LogP contribution in [0.5, 0.6) is 5.75 Å². The molecular weight excluding hydrogens is 365 g/mol. The smallest absolute Gasteiger partial charge is 0.347 e. The molecule has 6 nitrogen and oxygen atoms in total. The van der Waals surface area contributed by atoms with E-state index in [2.05, 4.69) is 0 Å². The van der Waals surface area contributed by atoms with Crippen LogP contribution in [0.25, 0.3) is 0 Å². The van der Waals surface area contributed by atoms with Crippen LogP contribution in [0.4, 0.5) is 0 Å². The van der Waals surface area contributed by atoms with E-state index in [0.717, 1.165) is 4.31 Å². The van der Waals surface area contributed by atoms with Gasteiger partial charge < -0.3 is 9.47 Å². The fourth-order valence-electron chi connectivity index (χ4n) is 2.19. The van der Waals surface area contributed by atoms with Gasteiger partial charge in [0, 0.05) is 25.6 Å². The lowest BCUT2D eigenvalue weighted by molar-refractivity contribution is -0.150. The number of halogens is 2. The van der Waals surface area contributed by atoms with Crippen molar-refractivity contribution in [2.75, 3.05) is 20.2 Å². The molecule has 0 N–H and O–H groups in total. The molecule has 0 aromatic heterocycles. The summed E-state index contributed by atoms with van der Waals surface area (Å²) in [4.78, 5) is 11.7. The van der Waals surface area contributed by atoms with Gasteiger partial charge in [-0.2, -0.15) is 0 Å². The Morgan fingerprint density at radius 2 is 2.04 bits per heavy atom. The first-order valence-corrected chi connectivity index (χ1v) is 9.24. The predicted molar refractivity (Wildman–Crippen MR) is 86.7 cm³/mol. The van der Waals surface area contributed by atoms with Crippen LogP contribution in [0, 0.1) is 0 Å². The third-order valence-electron chi connectivity index (χ3n) is 3.55. The molecule has 2 rings (SSSR count). The van der Waals surface area contributed by atoms with Crippen molar-refractivity contribution in [3.63, 3.8) is 0 Å². The Bertz CT molecular complexity index is 735. The number of hydrogen-bond acceptors (Lipinski definition) is 5. The first kappa shape index (κ1) is 18.3.